The highest BCUT2D eigenvalue weighted by molar-refractivity contribution is 5.96. The summed E-state index contributed by atoms with van der Waals surface area (Å²) >= 11 is 0. The van der Waals surface area contributed by atoms with Gasteiger partial charge in [0.2, 0.25) is 0 Å². The molecule has 0 saturated carbocycles. The fraction of sp³-hybridized carbons (Fsp3) is 0.176. The molecule has 0 radical (unpaired) electrons. The Hall–Kier alpha value is -3.29. The molecular formula is C17H15FN2O5. The van der Waals surface area contributed by atoms with E-state index in [2.05, 4.69) is 10.1 Å². The normalized spacial score (nSPS) is 11.4. The number of para-hydroxylation sites is 1. The van der Waals surface area contributed by atoms with E-state index in [1.165, 1.54) is 36.4 Å². The monoisotopic (exact) mass is 346 g/mol. The van der Waals surface area contributed by atoms with Gasteiger partial charge in [0.05, 0.1) is 12.0 Å². The Labute approximate surface area is 142 Å². The predicted molar refractivity (Wildman–Crippen MR) is 86.5 cm³/mol. The van der Waals surface area contributed by atoms with Crippen LogP contribution in [0, 0.1) is 15.9 Å². The van der Waals surface area contributed by atoms with Crippen LogP contribution in [-0.4, -0.2) is 30.0 Å². The Morgan fingerprint density at radius 3 is 2.60 bits per heavy atom. The van der Waals surface area contributed by atoms with E-state index in [4.69, 9.17) is 0 Å². The Kier molecular flexibility index (Phi) is 5.78. The molecule has 1 amide bonds. The van der Waals surface area contributed by atoms with E-state index in [1.54, 1.807) is 6.07 Å². The SMILES string of the molecule is COC(=O)[C@H](Cc1ccccc1[N+](=O)[O-])NC(=O)c1cccc(F)c1. The summed E-state index contributed by atoms with van der Waals surface area (Å²) < 4.78 is 17.9. The molecule has 8 heteroatoms. The summed E-state index contributed by atoms with van der Waals surface area (Å²) in [5.41, 5.74) is 0.121. The lowest BCUT2D eigenvalue weighted by Gasteiger charge is -2.16. The van der Waals surface area contributed by atoms with Gasteiger partial charge in [0, 0.05) is 23.6 Å². The van der Waals surface area contributed by atoms with Gasteiger partial charge in [-0.25, -0.2) is 9.18 Å². The van der Waals surface area contributed by atoms with Crippen molar-refractivity contribution in [3.8, 4) is 0 Å². The molecule has 2 rings (SSSR count). The van der Waals surface area contributed by atoms with Gasteiger partial charge in [-0.3, -0.25) is 14.9 Å². The lowest BCUT2D eigenvalue weighted by molar-refractivity contribution is -0.385. The first-order chi connectivity index (χ1) is 11.9. The number of ether oxygens (including phenoxy) is 1. The number of carbonyl (C=O) groups excluding carboxylic acids is 2. The lowest BCUT2D eigenvalue weighted by Crippen LogP contribution is -2.43. The zero-order valence-corrected chi connectivity index (χ0v) is 13.3. The van der Waals surface area contributed by atoms with Crippen LogP contribution in [0.1, 0.15) is 15.9 Å². The summed E-state index contributed by atoms with van der Waals surface area (Å²) in [6.07, 6.45) is -0.134. The number of nitro groups is 1. The molecular weight excluding hydrogens is 331 g/mol. The molecule has 0 aromatic heterocycles. The number of amides is 1. The van der Waals surface area contributed by atoms with Gasteiger partial charge in [-0.05, 0) is 18.2 Å². The van der Waals surface area contributed by atoms with Gasteiger partial charge in [0.15, 0.2) is 0 Å². The molecule has 0 saturated heterocycles. The van der Waals surface area contributed by atoms with E-state index < -0.39 is 28.7 Å². The minimum absolute atomic E-state index is 0.0245. The Balaban J connectivity index is 2.24. The van der Waals surface area contributed by atoms with E-state index in [1.807, 2.05) is 0 Å². The number of nitrogens with zero attached hydrogens (tertiary/aromatic N) is 1. The standard InChI is InChI=1S/C17H15FN2O5/c1-25-17(22)14(10-11-5-2-3-8-15(11)20(23)24)19-16(21)12-6-4-7-13(18)9-12/h2-9,14H,10H2,1H3,(H,19,21)/t14-/m0/s1. The second-order valence-electron chi connectivity index (χ2n) is 5.15. The number of nitro benzene ring substituents is 1. The molecule has 0 aliphatic rings. The molecule has 130 valence electrons. The summed E-state index contributed by atoms with van der Waals surface area (Å²) in [6.45, 7) is 0. The Bertz CT molecular complexity index is 809. The number of hydrogen-bond acceptors (Lipinski definition) is 5. The first-order valence-corrected chi connectivity index (χ1v) is 7.29. The number of benzene rings is 2. The second-order valence-corrected chi connectivity index (χ2v) is 5.15. The summed E-state index contributed by atoms with van der Waals surface area (Å²) in [5, 5.41) is 13.5. The van der Waals surface area contributed by atoms with Crippen molar-refractivity contribution >= 4 is 17.6 Å². The fourth-order valence-electron chi connectivity index (χ4n) is 2.29. The highest BCUT2D eigenvalue weighted by Crippen LogP contribution is 2.19. The van der Waals surface area contributed by atoms with Gasteiger partial charge < -0.3 is 10.1 Å². The molecule has 0 bridgehead atoms. The van der Waals surface area contributed by atoms with Gasteiger partial charge in [-0.1, -0.05) is 24.3 Å². The molecule has 1 atom stereocenters. The molecule has 0 aliphatic carbocycles. The van der Waals surface area contributed by atoms with Crippen molar-refractivity contribution in [3.05, 3.63) is 75.6 Å². The van der Waals surface area contributed by atoms with Crippen molar-refractivity contribution in [2.75, 3.05) is 7.11 Å². The minimum Gasteiger partial charge on any atom is -0.467 e. The maximum Gasteiger partial charge on any atom is 0.328 e. The zero-order chi connectivity index (χ0) is 18.4. The number of rotatable bonds is 6. The van der Waals surface area contributed by atoms with Gasteiger partial charge in [0.25, 0.3) is 11.6 Å². The van der Waals surface area contributed by atoms with Gasteiger partial charge in [-0.2, -0.15) is 0 Å². The fourth-order valence-corrected chi connectivity index (χ4v) is 2.29. The first-order valence-electron chi connectivity index (χ1n) is 7.29. The molecule has 0 aliphatic heterocycles. The van der Waals surface area contributed by atoms with Crippen molar-refractivity contribution in [2.45, 2.75) is 12.5 Å². The average Bonchev–Trinajstić information content (AvgIpc) is 2.60. The smallest absolute Gasteiger partial charge is 0.328 e. The summed E-state index contributed by atoms with van der Waals surface area (Å²) in [4.78, 5) is 34.7. The number of halogens is 1. The van der Waals surface area contributed by atoms with Crippen LogP contribution >= 0.6 is 0 Å². The van der Waals surface area contributed by atoms with E-state index in [0.29, 0.717) is 0 Å². The van der Waals surface area contributed by atoms with Crippen LogP contribution in [0.15, 0.2) is 48.5 Å². The largest absolute Gasteiger partial charge is 0.467 e. The maximum absolute atomic E-state index is 13.2. The van der Waals surface area contributed by atoms with E-state index in [0.717, 1.165) is 13.2 Å². The summed E-state index contributed by atoms with van der Waals surface area (Å²) in [7, 11) is 1.14. The third kappa shape index (κ3) is 4.60. The van der Waals surface area contributed by atoms with Crippen LogP contribution in [-0.2, 0) is 16.0 Å². The first kappa shape index (κ1) is 18.1. The molecule has 0 spiro atoms. The molecule has 7 nitrogen and oxygen atoms in total. The number of hydrogen-bond donors (Lipinski definition) is 1. The third-order valence-corrected chi connectivity index (χ3v) is 3.49. The predicted octanol–water partition coefficient (Wildman–Crippen LogP) is 2.25. The van der Waals surface area contributed by atoms with Crippen molar-refractivity contribution in [1.82, 2.24) is 5.32 Å². The molecule has 25 heavy (non-hydrogen) atoms. The number of esters is 1. The van der Waals surface area contributed by atoms with Crippen LogP contribution in [0.25, 0.3) is 0 Å². The Morgan fingerprint density at radius 2 is 1.96 bits per heavy atom. The molecule has 1 N–H and O–H groups in total. The van der Waals surface area contributed by atoms with Gasteiger partial charge in [0.1, 0.15) is 11.9 Å². The number of nitrogens with one attached hydrogen (secondary N) is 1. The van der Waals surface area contributed by atoms with Crippen LogP contribution in [0.2, 0.25) is 0 Å². The summed E-state index contributed by atoms with van der Waals surface area (Å²) in [6, 6.07) is 9.68. The quantitative estimate of drug-likeness (QED) is 0.491. The van der Waals surface area contributed by atoms with Crippen molar-refractivity contribution in [3.63, 3.8) is 0 Å². The van der Waals surface area contributed by atoms with E-state index >= 15 is 0 Å². The molecule has 2 aromatic carbocycles. The second kappa shape index (κ2) is 8.00. The molecule has 0 fully saturated rings. The van der Waals surface area contributed by atoms with Crippen LogP contribution in [0.4, 0.5) is 10.1 Å². The van der Waals surface area contributed by atoms with Crippen LogP contribution in [0.5, 0.6) is 0 Å². The summed E-state index contributed by atoms with van der Waals surface area (Å²) in [5.74, 6) is -2.04. The zero-order valence-electron chi connectivity index (χ0n) is 13.3. The Morgan fingerprint density at radius 1 is 1.24 bits per heavy atom. The van der Waals surface area contributed by atoms with Gasteiger partial charge >= 0.3 is 5.97 Å². The minimum atomic E-state index is -1.15. The van der Waals surface area contributed by atoms with Crippen molar-refractivity contribution in [1.29, 1.82) is 0 Å². The van der Waals surface area contributed by atoms with Crippen LogP contribution in [0.3, 0.4) is 0 Å². The molecule has 0 unspecified atom stereocenters. The van der Waals surface area contributed by atoms with Gasteiger partial charge in [-0.15, -0.1) is 0 Å². The third-order valence-electron chi connectivity index (χ3n) is 3.49. The van der Waals surface area contributed by atoms with Crippen molar-refractivity contribution in [2.24, 2.45) is 0 Å². The highest BCUT2D eigenvalue weighted by atomic mass is 19.1. The van der Waals surface area contributed by atoms with Crippen LogP contribution < -0.4 is 5.32 Å². The number of carbonyl (C=O) groups is 2. The molecule has 0 heterocycles. The van der Waals surface area contributed by atoms with E-state index in [9.17, 15) is 24.1 Å². The van der Waals surface area contributed by atoms with Crippen molar-refractivity contribution < 1.29 is 23.6 Å². The molecule has 2 aromatic rings. The maximum atomic E-state index is 13.2. The van der Waals surface area contributed by atoms with E-state index in [-0.39, 0.29) is 23.2 Å². The highest BCUT2D eigenvalue weighted by Gasteiger charge is 2.26. The topological polar surface area (TPSA) is 98.5 Å². The lowest BCUT2D eigenvalue weighted by atomic mass is 10.0. The average molecular weight is 346 g/mol. The number of methoxy groups -OCH3 is 1.